The summed E-state index contributed by atoms with van der Waals surface area (Å²) in [4.78, 5) is 36.8. The summed E-state index contributed by atoms with van der Waals surface area (Å²) in [6.45, 7) is 6.58. The number of carbonyl (C=O) groups excluding carboxylic acids is 2. The topological polar surface area (TPSA) is 101 Å². The predicted molar refractivity (Wildman–Crippen MR) is 122 cm³/mol. The molecule has 1 atom stereocenters. The Balaban J connectivity index is 1.48. The summed E-state index contributed by atoms with van der Waals surface area (Å²) in [5.41, 5.74) is 3.66. The Hall–Kier alpha value is -3.55. The Morgan fingerprint density at radius 2 is 1.91 bits per heavy atom. The summed E-state index contributed by atoms with van der Waals surface area (Å²) in [6.07, 6.45) is 4.57. The summed E-state index contributed by atoms with van der Waals surface area (Å²) in [7, 11) is 0. The smallest absolute Gasteiger partial charge is 0.254 e. The fraction of sp³-hybridized carbons (Fsp3) is 0.400. The van der Waals surface area contributed by atoms with Gasteiger partial charge in [0.15, 0.2) is 5.82 Å². The van der Waals surface area contributed by atoms with E-state index in [4.69, 9.17) is 4.52 Å². The predicted octanol–water partition coefficient (Wildman–Crippen LogP) is 3.62. The van der Waals surface area contributed by atoms with E-state index in [2.05, 4.69) is 20.4 Å². The van der Waals surface area contributed by atoms with Crippen LogP contribution in [0, 0.1) is 20.8 Å². The van der Waals surface area contributed by atoms with E-state index >= 15 is 0 Å². The highest BCUT2D eigenvalue weighted by Gasteiger charge is 2.31. The van der Waals surface area contributed by atoms with Gasteiger partial charge in [-0.3, -0.25) is 9.59 Å². The van der Waals surface area contributed by atoms with Gasteiger partial charge in [-0.25, -0.2) is 9.97 Å². The third-order valence-corrected chi connectivity index (χ3v) is 6.17. The van der Waals surface area contributed by atoms with Gasteiger partial charge in [-0.15, -0.1) is 0 Å². The second-order valence-corrected chi connectivity index (χ2v) is 8.47. The van der Waals surface area contributed by atoms with Crippen molar-refractivity contribution in [1.82, 2.24) is 25.3 Å². The zero-order valence-electron chi connectivity index (χ0n) is 19.3. The molecule has 3 aromatic rings. The molecule has 2 aromatic heterocycles. The van der Waals surface area contributed by atoms with Gasteiger partial charge in [0, 0.05) is 24.8 Å². The van der Waals surface area contributed by atoms with Crippen molar-refractivity contribution in [1.29, 1.82) is 0 Å². The van der Waals surface area contributed by atoms with Crippen LogP contribution in [0.2, 0.25) is 0 Å². The third-order valence-electron chi connectivity index (χ3n) is 6.17. The van der Waals surface area contributed by atoms with Crippen molar-refractivity contribution in [3.63, 3.8) is 0 Å². The minimum absolute atomic E-state index is 0.0139. The molecule has 8 heteroatoms. The number of amides is 2. The molecule has 2 amide bonds. The zero-order valence-corrected chi connectivity index (χ0v) is 19.3. The van der Waals surface area contributed by atoms with Gasteiger partial charge in [-0.1, -0.05) is 35.5 Å². The van der Waals surface area contributed by atoms with Crippen LogP contribution < -0.4 is 5.32 Å². The summed E-state index contributed by atoms with van der Waals surface area (Å²) < 4.78 is 5.21. The Kier molecular flexibility index (Phi) is 6.82. The standard InChI is InChI=1S/C25H29N5O3/c1-16-21(25(32)27-14-19-9-5-4-6-10-19)15-26-24(28-16)22-11-7-8-12-30(22)23(31)13-20-17(2)29-33-18(20)3/h4-6,9-10,15,22H,7-8,11-14H2,1-3H3,(H,27,32)/t22-/m0/s1. The molecular weight excluding hydrogens is 418 g/mol. The SMILES string of the molecule is Cc1nc([C@@H]2CCCCN2C(=O)Cc2c(C)noc2C)ncc1C(=O)NCc1ccccc1. The first kappa shape index (κ1) is 22.6. The first-order valence-corrected chi connectivity index (χ1v) is 11.3. The molecule has 172 valence electrons. The van der Waals surface area contributed by atoms with Gasteiger partial charge in [0.25, 0.3) is 5.91 Å². The number of piperidine rings is 1. The van der Waals surface area contributed by atoms with Crippen LogP contribution in [-0.4, -0.2) is 38.4 Å². The van der Waals surface area contributed by atoms with Crippen molar-refractivity contribution in [2.24, 2.45) is 0 Å². The number of nitrogens with one attached hydrogen (secondary N) is 1. The molecule has 3 heterocycles. The van der Waals surface area contributed by atoms with Crippen LogP contribution in [0.3, 0.4) is 0 Å². The van der Waals surface area contributed by atoms with Crippen molar-refractivity contribution in [3.05, 3.63) is 76.2 Å². The van der Waals surface area contributed by atoms with E-state index in [0.29, 0.717) is 35.9 Å². The highest BCUT2D eigenvalue weighted by Crippen LogP contribution is 2.30. The molecule has 1 aromatic carbocycles. The molecule has 1 aliphatic heterocycles. The van der Waals surface area contributed by atoms with E-state index in [-0.39, 0.29) is 24.3 Å². The van der Waals surface area contributed by atoms with Gasteiger partial charge >= 0.3 is 0 Å². The molecule has 1 fully saturated rings. The van der Waals surface area contributed by atoms with Crippen LogP contribution in [0.5, 0.6) is 0 Å². The number of likely N-dealkylation sites (tertiary alicyclic amines) is 1. The largest absolute Gasteiger partial charge is 0.361 e. The average Bonchev–Trinajstić information content (AvgIpc) is 3.15. The molecular formula is C25H29N5O3. The maximum Gasteiger partial charge on any atom is 0.254 e. The normalized spacial score (nSPS) is 16.0. The number of carbonyl (C=O) groups is 2. The maximum atomic E-state index is 13.2. The van der Waals surface area contributed by atoms with Crippen LogP contribution in [-0.2, 0) is 17.8 Å². The van der Waals surface area contributed by atoms with E-state index in [1.54, 1.807) is 6.20 Å². The molecule has 8 nitrogen and oxygen atoms in total. The molecule has 1 N–H and O–H groups in total. The van der Waals surface area contributed by atoms with Crippen molar-refractivity contribution >= 4 is 11.8 Å². The first-order chi connectivity index (χ1) is 15.9. The third kappa shape index (κ3) is 5.10. The van der Waals surface area contributed by atoms with Gasteiger partial charge in [0.05, 0.1) is 29.4 Å². The van der Waals surface area contributed by atoms with Crippen LogP contribution >= 0.6 is 0 Å². The quantitative estimate of drug-likeness (QED) is 0.619. The lowest BCUT2D eigenvalue weighted by atomic mass is 9.99. The van der Waals surface area contributed by atoms with Crippen LogP contribution in [0.4, 0.5) is 0 Å². The Morgan fingerprint density at radius 1 is 1.12 bits per heavy atom. The molecule has 0 saturated carbocycles. The number of aromatic nitrogens is 3. The van der Waals surface area contributed by atoms with Crippen molar-refractivity contribution in [3.8, 4) is 0 Å². The molecule has 1 aliphatic rings. The van der Waals surface area contributed by atoms with E-state index in [1.807, 2.05) is 56.0 Å². The van der Waals surface area contributed by atoms with Gasteiger partial charge in [0.1, 0.15) is 5.76 Å². The fourth-order valence-electron chi connectivity index (χ4n) is 4.25. The number of nitrogens with zero attached hydrogens (tertiary/aromatic N) is 4. The van der Waals surface area contributed by atoms with Crippen LogP contribution in [0.1, 0.15) is 69.8 Å². The lowest BCUT2D eigenvalue weighted by molar-refractivity contribution is -0.134. The maximum absolute atomic E-state index is 13.2. The Bertz CT molecular complexity index is 1120. The fourth-order valence-corrected chi connectivity index (χ4v) is 4.25. The van der Waals surface area contributed by atoms with Gasteiger partial charge in [0.2, 0.25) is 5.91 Å². The van der Waals surface area contributed by atoms with Gasteiger partial charge in [-0.05, 0) is 45.6 Å². The minimum atomic E-state index is -0.210. The summed E-state index contributed by atoms with van der Waals surface area (Å²) in [6, 6.07) is 9.54. The molecule has 0 aliphatic carbocycles. The monoisotopic (exact) mass is 447 g/mol. The lowest BCUT2D eigenvalue weighted by Crippen LogP contribution is -2.40. The first-order valence-electron chi connectivity index (χ1n) is 11.3. The molecule has 0 bridgehead atoms. The molecule has 4 rings (SSSR count). The van der Waals surface area contributed by atoms with E-state index in [9.17, 15) is 9.59 Å². The van der Waals surface area contributed by atoms with Crippen LogP contribution in [0.25, 0.3) is 0 Å². The zero-order chi connectivity index (χ0) is 23.4. The second-order valence-electron chi connectivity index (χ2n) is 8.47. The molecule has 1 saturated heterocycles. The van der Waals surface area contributed by atoms with Crippen molar-refractivity contribution in [2.45, 2.75) is 59.0 Å². The summed E-state index contributed by atoms with van der Waals surface area (Å²) >= 11 is 0. The number of benzene rings is 1. The second kappa shape index (κ2) is 9.94. The van der Waals surface area contributed by atoms with Crippen molar-refractivity contribution in [2.75, 3.05) is 6.54 Å². The minimum Gasteiger partial charge on any atom is -0.361 e. The van der Waals surface area contributed by atoms with E-state index in [0.717, 1.165) is 36.1 Å². The highest BCUT2D eigenvalue weighted by atomic mass is 16.5. The molecule has 33 heavy (non-hydrogen) atoms. The molecule has 0 radical (unpaired) electrons. The Morgan fingerprint density at radius 3 is 2.61 bits per heavy atom. The number of rotatable bonds is 6. The number of hydrogen-bond donors (Lipinski definition) is 1. The van der Waals surface area contributed by atoms with E-state index < -0.39 is 0 Å². The number of aryl methyl sites for hydroxylation is 3. The summed E-state index contributed by atoms with van der Waals surface area (Å²) in [5.74, 6) is 1.06. The van der Waals surface area contributed by atoms with Gasteiger partial charge in [-0.2, -0.15) is 0 Å². The number of hydrogen-bond acceptors (Lipinski definition) is 6. The van der Waals surface area contributed by atoms with Crippen molar-refractivity contribution < 1.29 is 14.1 Å². The average molecular weight is 448 g/mol. The summed E-state index contributed by atoms with van der Waals surface area (Å²) in [5, 5.41) is 6.87. The molecule has 0 unspecified atom stereocenters. The van der Waals surface area contributed by atoms with E-state index in [1.165, 1.54) is 0 Å². The van der Waals surface area contributed by atoms with Crippen LogP contribution in [0.15, 0.2) is 41.1 Å². The van der Waals surface area contributed by atoms with Gasteiger partial charge < -0.3 is 14.7 Å². The Labute approximate surface area is 193 Å². The lowest BCUT2D eigenvalue weighted by Gasteiger charge is -2.35. The molecule has 0 spiro atoms. The highest BCUT2D eigenvalue weighted by molar-refractivity contribution is 5.94.